The summed E-state index contributed by atoms with van der Waals surface area (Å²) in [6.45, 7) is 4.46. The summed E-state index contributed by atoms with van der Waals surface area (Å²) in [6.07, 6.45) is 12.5. The summed E-state index contributed by atoms with van der Waals surface area (Å²) in [5.41, 5.74) is 1.55. The van der Waals surface area contributed by atoms with Gasteiger partial charge in [0.05, 0.1) is 5.39 Å². The molecule has 3 aromatic rings. The summed E-state index contributed by atoms with van der Waals surface area (Å²) >= 11 is 0. The molecule has 2 nitrogen and oxygen atoms in total. The van der Waals surface area contributed by atoms with Crippen molar-refractivity contribution < 1.29 is 8.81 Å². The fourth-order valence-corrected chi connectivity index (χ4v) is 5.29. The molecule has 0 N–H and O–H groups in total. The average Bonchev–Trinajstić information content (AvgIpc) is 2.80. The van der Waals surface area contributed by atoms with Crippen molar-refractivity contribution in [2.45, 2.75) is 90.4 Å². The Morgan fingerprint density at radius 3 is 2.39 bits per heavy atom. The van der Waals surface area contributed by atoms with Gasteiger partial charge in [-0.25, -0.2) is 9.18 Å². The number of hydrogen-bond donors (Lipinski definition) is 0. The molecule has 166 valence electrons. The van der Waals surface area contributed by atoms with E-state index < -0.39 is 5.63 Å². The van der Waals surface area contributed by atoms with Gasteiger partial charge >= 0.3 is 5.63 Å². The van der Waals surface area contributed by atoms with Gasteiger partial charge in [0.25, 0.3) is 0 Å². The van der Waals surface area contributed by atoms with E-state index in [0.717, 1.165) is 24.1 Å². The van der Waals surface area contributed by atoms with Crippen molar-refractivity contribution >= 4 is 21.7 Å². The van der Waals surface area contributed by atoms with Gasteiger partial charge in [0, 0.05) is 10.8 Å². The molecular formula is C28H35FO2. The first kappa shape index (κ1) is 22.0. The number of benzene rings is 2. The highest BCUT2D eigenvalue weighted by Gasteiger charge is 2.22. The zero-order valence-corrected chi connectivity index (χ0v) is 19.0. The minimum atomic E-state index is -0.425. The topological polar surface area (TPSA) is 30.2 Å². The van der Waals surface area contributed by atoms with Crippen molar-refractivity contribution in [2.24, 2.45) is 5.92 Å². The minimum absolute atomic E-state index is 0.111. The second kappa shape index (κ2) is 9.97. The molecule has 1 aliphatic carbocycles. The quantitative estimate of drug-likeness (QED) is 0.208. The standard InChI is InChI=1S/C28H35FO2/c1-3-5-6-7-8-9-21-14-17-24-23-16-15-22(20-12-10-19(4-2)11-13-20)18-25(23)28(30)31-27(24)26(21)29/h14-20H,3-13H2,1-2H3. The van der Waals surface area contributed by atoms with Crippen molar-refractivity contribution in [1.82, 2.24) is 0 Å². The summed E-state index contributed by atoms with van der Waals surface area (Å²) < 4.78 is 20.7. The van der Waals surface area contributed by atoms with E-state index in [9.17, 15) is 4.79 Å². The lowest BCUT2D eigenvalue weighted by atomic mass is 9.77. The SMILES string of the molecule is CCCCCCCc1ccc2c(oc(=O)c3cc(C4CCC(CC)CC4)ccc32)c1F. The summed E-state index contributed by atoms with van der Waals surface area (Å²) in [5.74, 6) is 0.984. The third kappa shape index (κ3) is 4.71. The van der Waals surface area contributed by atoms with Gasteiger partial charge in [0.1, 0.15) is 0 Å². The molecule has 1 aliphatic rings. The van der Waals surface area contributed by atoms with Crippen LogP contribution < -0.4 is 5.63 Å². The Balaban J connectivity index is 1.62. The van der Waals surface area contributed by atoms with Crippen LogP contribution in [-0.2, 0) is 6.42 Å². The molecule has 1 aromatic heterocycles. The summed E-state index contributed by atoms with van der Waals surface area (Å²) in [5, 5.41) is 2.07. The fraction of sp³-hybridized carbons (Fsp3) is 0.536. The lowest BCUT2D eigenvalue weighted by Crippen LogP contribution is -2.13. The van der Waals surface area contributed by atoms with Crippen molar-refractivity contribution in [2.75, 3.05) is 0 Å². The van der Waals surface area contributed by atoms with Gasteiger partial charge in [-0.15, -0.1) is 0 Å². The third-order valence-electron chi connectivity index (χ3n) is 7.37. The summed E-state index contributed by atoms with van der Waals surface area (Å²) in [4.78, 5) is 12.8. The van der Waals surface area contributed by atoms with Gasteiger partial charge in [-0.1, -0.05) is 70.2 Å². The van der Waals surface area contributed by atoms with E-state index in [2.05, 4.69) is 19.9 Å². The number of halogens is 1. The number of rotatable bonds is 8. The lowest BCUT2D eigenvalue weighted by molar-refractivity contribution is 0.319. The maximum absolute atomic E-state index is 15.2. The number of aryl methyl sites for hydroxylation is 1. The number of hydrogen-bond acceptors (Lipinski definition) is 2. The van der Waals surface area contributed by atoms with Crippen molar-refractivity contribution in [3.63, 3.8) is 0 Å². The predicted molar refractivity (Wildman–Crippen MR) is 127 cm³/mol. The van der Waals surface area contributed by atoms with Crippen LogP contribution >= 0.6 is 0 Å². The Labute approximate surface area is 184 Å². The first-order valence-corrected chi connectivity index (χ1v) is 12.3. The molecule has 31 heavy (non-hydrogen) atoms. The van der Waals surface area contributed by atoms with Gasteiger partial charge in [-0.3, -0.25) is 0 Å². The van der Waals surface area contributed by atoms with Gasteiger partial charge in [0.15, 0.2) is 11.4 Å². The molecule has 1 heterocycles. The largest absolute Gasteiger partial charge is 0.419 e. The Morgan fingerprint density at radius 1 is 0.903 bits per heavy atom. The van der Waals surface area contributed by atoms with Crippen molar-refractivity contribution in [3.05, 3.63) is 57.7 Å². The van der Waals surface area contributed by atoms with Crippen molar-refractivity contribution in [3.8, 4) is 0 Å². The van der Waals surface area contributed by atoms with Crippen LogP contribution in [0.4, 0.5) is 4.39 Å². The van der Waals surface area contributed by atoms with E-state index >= 15 is 4.39 Å². The van der Waals surface area contributed by atoms with Crippen LogP contribution in [0.5, 0.6) is 0 Å². The second-order valence-corrected chi connectivity index (χ2v) is 9.40. The smallest absolute Gasteiger partial charge is 0.344 e. The highest BCUT2D eigenvalue weighted by molar-refractivity contribution is 6.04. The third-order valence-corrected chi connectivity index (χ3v) is 7.37. The number of fused-ring (bicyclic) bond motifs is 3. The molecule has 2 aromatic carbocycles. The van der Waals surface area contributed by atoms with Crippen LogP contribution in [0.1, 0.15) is 95.1 Å². The van der Waals surface area contributed by atoms with E-state index in [1.807, 2.05) is 24.3 Å². The summed E-state index contributed by atoms with van der Waals surface area (Å²) in [6, 6.07) is 9.93. The monoisotopic (exact) mass is 422 g/mol. The highest BCUT2D eigenvalue weighted by atomic mass is 19.1. The Hall–Kier alpha value is -2.16. The molecule has 0 saturated heterocycles. The molecule has 0 bridgehead atoms. The van der Waals surface area contributed by atoms with Gasteiger partial charge in [-0.2, -0.15) is 0 Å². The molecule has 0 amide bonds. The Bertz CT molecular complexity index is 1090. The zero-order valence-electron chi connectivity index (χ0n) is 19.0. The molecule has 1 fully saturated rings. The van der Waals surface area contributed by atoms with Crippen LogP contribution in [-0.4, -0.2) is 0 Å². The molecule has 0 spiro atoms. The molecule has 0 radical (unpaired) electrons. The van der Waals surface area contributed by atoms with E-state index in [1.54, 1.807) is 0 Å². The molecule has 0 unspecified atom stereocenters. The van der Waals surface area contributed by atoms with Crippen molar-refractivity contribution in [1.29, 1.82) is 0 Å². The molecule has 4 rings (SSSR count). The van der Waals surface area contributed by atoms with E-state index in [1.165, 1.54) is 56.9 Å². The van der Waals surface area contributed by atoms with Crippen LogP contribution in [0, 0.1) is 11.7 Å². The molecule has 3 heteroatoms. The molecule has 1 saturated carbocycles. The zero-order chi connectivity index (χ0) is 21.8. The highest BCUT2D eigenvalue weighted by Crippen LogP contribution is 2.38. The summed E-state index contributed by atoms with van der Waals surface area (Å²) in [7, 11) is 0. The first-order valence-electron chi connectivity index (χ1n) is 12.3. The first-order chi connectivity index (χ1) is 15.1. The Kier molecular flexibility index (Phi) is 7.09. The van der Waals surface area contributed by atoms with E-state index in [-0.39, 0.29) is 11.4 Å². The van der Waals surface area contributed by atoms with Gasteiger partial charge < -0.3 is 4.42 Å². The maximum atomic E-state index is 15.2. The molecular weight excluding hydrogens is 387 g/mol. The Morgan fingerprint density at radius 2 is 1.65 bits per heavy atom. The number of unbranched alkanes of at least 4 members (excludes halogenated alkanes) is 4. The van der Waals surface area contributed by atoms with Gasteiger partial charge in [-0.05, 0) is 67.6 Å². The van der Waals surface area contributed by atoms with Crippen LogP contribution in [0.15, 0.2) is 39.5 Å². The average molecular weight is 423 g/mol. The van der Waals surface area contributed by atoms with E-state index in [4.69, 9.17) is 4.42 Å². The van der Waals surface area contributed by atoms with Gasteiger partial charge in [0.2, 0.25) is 0 Å². The lowest BCUT2D eigenvalue weighted by Gasteiger charge is -2.28. The normalized spacial score (nSPS) is 19.3. The fourth-order valence-electron chi connectivity index (χ4n) is 5.29. The van der Waals surface area contributed by atoms with Crippen LogP contribution in [0.25, 0.3) is 21.7 Å². The second-order valence-electron chi connectivity index (χ2n) is 9.40. The molecule has 0 aliphatic heterocycles. The maximum Gasteiger partial charge on any atom is 0.344 e. The molecule has 0 atom stereocenters. The minimum Gasteiger partial charge on any atom is -0.419 e. The van der Waals surface area contributed by atoms with Crippen LogP contribution in [0.3, 0.4) is 0 Å². The van der Waals surface area contributed by atoms with Crippen LogP contribution in [0.2, 0.25) is 0 Å². The van der Waals surface area contributed by atoms with E-state index in [0.29, 0.717) is 28.7 Å². The predicted octanol–water partition coefficient (Wildman–Crippen LogP) is 8.28.